The second-order valence-corrected chi connectivity index (χ2v) is 3.63. The Balaban J connectivity index is 2.44. The highest BCUT2D eigenvalue weighted by Crippen LogP contribution is 2.27. The number of aliphatic carboxylic acids is 1. The summed E-state index contributed by atoms with van der Waals surface area (Å²) in [6, 6.07) is 5.22. The van der Waals surface area contributed by atoms with Crippen LogP contribution >= 0.6 is 0 Å². The van der Waals surface area contributed by atoms with Crippen LogP contribution in [0.3, 0.4) is 0 Å². The Kier molecular flexibility index (Phi) is 2.48. The van der Waals surface area contributed by atoms with Crippen LogP contribution in [0.15, 0.2) is 29.8 Å². The van der Waals surface area contributed by atoms with E-state index in [1.54, 1.807) is 18.2 Å². The monoisotopic (exact) mass is 218 g/mol. The van der Waals surface area contributed by atoms with Gasteiger partial charge in [0, 0.05) is 11.6 Å². The van der Waals surface area contributed by atoms with Crippen LogP contribution in [-0.4, -0.2) is 23.5 Å². The van der Waals surface area contributed by atoms with Gasteiger partial charge in [-0.3, -0.25) is 4.79 Å². The molecule has 0 atom stereocenters. The highest BCUT2D eigenvalue weighted by Gasteiger charge is 2.23. The number of carbonyl (C=O) groups excluding carboxylic acids is 1. The maximum absolute atomic E-state index is 11.9. The van der Waals surface area contributed by atoms with E-state index < -0.39 is 5.97 Å². The van der Waals surface area contributed by atoms with Gasteiger partial charge < -0.3 is 9.84 Å². The molecule has 1 N–H and O–H groups in total. The third kappa shape index (κ3) is 1.82. The molecule has 1 heterocycles. The van der Waals surface area contributed by atoms with Crippen LogP contribution in [0.5, 0.6) is 5.75 Å². The summed E-state index contributed by atoms with van der Waals surface area (Å²) in [5.74, 6) is -0.890. The van der Waals surface area contributed by atoms with Crippen molar-refractivity contribution in [3.63, 3.8) is 0 Å². The smallest absolute Gasteiger partial charge is 0.328 e. The van der Waals surface area contributed by atoms with Crippen LogP contribution in [0.25, 0.3) is 0 Å². The summed E-state index contributed by atoms with van der Waals surface area (Å²) in [4.78, 5) is 22.3. The maximum atomic E-state index is 11.9. The second-order valence-electron chi connectivity index (χ2n) is 3.63. The fourth-order valence-corrected chi connectivity index (χ4v) is 1.59. The van der Waals surface area contributed by atoms with Gasteiger partial charge in [0.05, 0.1) is 5.56 Å². The largest absolute Gasteiger partial charge is 0.488 e. The van der Waals surface area contributed by atoms with Gasteiger partial charge in [-0.1, -0.05) is 6.07 Å². The number of hydrogen-bond donors (Lipinski definition) is 1. The Morgan fingerprint density at radius 3 is 2.94 bits per heavy atom. The maximum Gasteiger partial charge on any atom is 0.328 e. The van der Waals surface area contributed by atoms with Crippen molar-refractivity contribution in [2.45, 2.75) is 6.92 Å². The van der Waals surface area contributed by atoms with E-state index in [9.17, 15) is 9.59 Å². The van der Waals surface area contributed by atoms with Crippen LogP contribution in [0.2, 0.25) is 0 Å². The topological polar surface area (TPSA) is 63.6 Å². The summed E-state index contributed by atoms with van der Waals surface area (Å²) in [7, 11) is 0. The van der Waals surface area contributed by atoms with E-state index in [1.165, 1.54) is 0 Å². The van der Waals surface area contributed by atoms with Crippen LogP contribution in [-0.2, 0) is 4.79 Å². The predicted molar refractivity (Wildman–Crippen MR) is 56.7 cm³/mol. The Morgan fingerprint density at radius 2 is 2.25 bits per heavy atom. The molecule has 0 fully saturated rings. The average Bonchev–Trinajstić information content (AvgIpc) is 2.22. The lowest BCUT2D eigenvalue weighted by molar-refractivity contribution is -0.131. The Morgan fingerprint density at radius 1 is 1.50 bits per heavy atom. The molecule has 0 aliphatic carbocycles. The molecule has 0 unspecified atom stereocenters. The predicted octanol–water partition coefficient (Wildman–Crippen LogP) is 1.58. The van der Waals surface area contributed by atoms with E-state index in [2.05, 4.69) is 0 Å². The molecule has 4 heteroatoms. The molecule has 0 aromatic heterocycles. The highest BCUT2D eigenvalue weighted by molar-refractivity contribution is 6.13. The minimum atomic E-state index is -1.14. The number of carbonyl (C=O) groups is 2. The molecule has 0 saturated heterocycles. The molecule has 1 aliphatic heterocycles. The number of ether oxygens (including phenoxy) is 1. The standard InChI is InChI=1S/C12H10O4/c1-7-2-3-9-10(4-7)16-6-8(12(9)15)5-11(13)14/h2-5H,6H2,1H3,(H,13,14). The number of rotatable bonds is 1. The minimum Gasteiger partial charge on any atom is -0.488 e. The average molecular weight is 218 g/mol. The summed E-state index contributed by atoms with van der Waals surface area (Å²) < 4.78 is 5.34. The summed E-state index contributed by atoms with van der Waals surface area (Å²) in [6.45, 7) is 1.91. The van der Waals surface area contributed by atoms with E-state index in [0.717, 1.165) is 11.6 Å². The number of aryl methyl sites for hydroxylation is 1. The quantitative estimate of drug-likeness (QED) is 0.727. The van der Waals surface area contributed by atoms with Crippen molar-refractivity contribution in [1.82, 2.24) is 0 Å². The van der Waals surface area contributed by atoms with E-state index in [1.807, 2.05) is 6.92 Å². The third-order valence-electron chi connectivity index (χ3n) is 2.35. The van der Waals surface area contributed by atoms with Gasteiger partial charge in [0.15, 0.2) is 5.78 Å². The first-order chi connectivity index (χ1) is 7.58. The zero-order valence-corrected chi connectivity index (χ0v) is 8.69. The van der Waals surface area contributed by atoms with Gasteiger partial charge in [-0.15, -0.1) is 0 Å². The van der Waals surface area contributed by atoms with Crippen molar-refractivity contribution < 1.29 is 19.4 Å². The molecular weight excluding hydrogens is 208 g/mol. The summed E-state index contributed by atoms with van der Waals surface area (Å²) in [5, 5.41) is 8.59. The molecular formula is C12H10O4. The Hall–Kier alpha value is -2.10. The lowest BCUT2D eigenvalue weighted by Crippen LogP contribution is -2.20. The van der Waals surface area contributed by atoms with Crippen molar-refractivity contribution in [1.29, 1.82) is 0 Å². The van der Waals surface area contributed by atoms with Gasteiger partial charge in [-0.05, 0) is 24.6 Å². The normalized spacial score (nSPS) is 16.8. The van der Waals surface area contributed by atoms with Crippen molar-refractivity contribution in [2.24, 2.45) is 0 Å². The van der Waals surface area contributed by atoms with Gasteiger partial charge in [0.1, 0.15) is 12.4 Å². The zero-order chi connectivity index (χ0) is 11.7. The number of carboxylic acids is 1. The molecule has 0 radical (unpaired) electrons. The SMILES string of the molecule is Cc1ccc2c(c1)OCC(=CC(=O)O)C2=O. The van der Waals surface area contributed by atoms with Gasteiger partial charge in [-0.25, -0.2) is 4.79 Å². The molecule has 0 amide bonds. The second kappa shape index (κ2) is 3.81. The number of fused-ring (bicyclic) bond motifs is 1. The molecule has 0 saturated carbocycles. The van der Waals surface area contributed by atoms with Gasteiger partial charge in [-0.2, -0.15) is 0 Å². The van der Waals surface area contributed by atoms with E-state index >= 15 is 0 Å². The molecule has 1 aromatic rings. The molecule has 82 valence electrons. The number of benzene rings is 1. The molecule has 0 bridgehead atoms. The molecule has 2 rings (SSSR count). The molecule has 0 spiro atoms. The molecule has 1 aromatic carbocycles. The number of carboxylic acid groups (broad SMARTS) is 1. The van der Waals surface area contributed by atoms with Crippen LogP contribution in [0.1, 0.15) is 15.9 Å². The number of hydrogen-bond acceptors (Lipinski definition) is 3. The van der Waals surface area contributed by atoms with Gasteiger partial charge in [0.2, 0.25) is 0 Å². The zero-order valence-electron chi connectivity index (χ0n) is 8.69. The van der Waals surface area contributed by atoms with Gasteiger partial charge in [0.25, 0.3) is 0 Å². The summed E-state index contributed by atoms with van der Waals surface area (Å²) >= 11 is 0. The van der Waals surface area contributed by atoms with Crippen LogP contribution < -0.4 is 4.74 Å². The first-order valence-electron chi connectivity index (χ1n) is 4.79. The van der Waals surface area contributed by atoms with Crippen molar-refractivity contribution in [2.75, 3.05) is 6.61 Å². The lowest BCUT2D eigenvalue weighted by Gasteiger charge is -2.18. The lowest BCUT2D eigenvalue weighted by atomic mass is 9.99. The summed E-state index contributed by atoms with van der Waals surface area (Å²) in [5.41, 5.74) is 1.59. The highest BCUT2D eigenvalue weighted by atomic mass is 16.5. The van der Waals surface area contributed by atoms with E-state index in [0.29, 0.717) is 11.3 Å². The Bertz CT molecular complexity index is 500. The van der Waals surface area contributed by atoms with Gasteiger partial charge >= 0.3 is 5.97 Å². The minimum absolute atomic E-state index is 0.0155. The first-order valence-corrected chi connectivity index (χ1v) is 4.79. The van der Waals surface area contributed by atoms with Crippen molar-refractivity contribution >= 4 is 11.8 Å². The van der Waals surface area contributed by atoms with Crippen LogP contribution in [0.4, 0.5) is 0 Å². The number of Topliss-reactive ketones (excluding diaryl/α,β-unsaturated/α-hetero) is 1. The molecule has 1 aliphatic rings. The van der Waals surface area contributed by atoms with Crippen LogP contribution in [0, 0.1) is 6.92 Å². The van der Waals surface area contributed by atoms with Crippen molar-refractivity contribution in [3.8, 4) is 5.75 Å². The number of ketones is 1. The summed E-state index contributed by atoms with van der Waals surface area (Å²) in [6.07, 6.45) is 0.894. The fraction of sp³-hybridized carbons (Fsp3) is 0.167. The van der Waals surface area contributed by atoms with Crippen molar-refractivity contribution in [3.05, 3.63) is 41.0 Å². The third-order valence-corrected chi connectivity index (χ3v) is 2.35. The fourth-order valence-electron chi connectivity index (χ4n) is 1.59. The van der Waals surface area contributed by atoms with E-state index in [-0.39, 0.29) is 18.0 Å². The Labute approximate surface area is 92.2 Å². The molecule has 16 heavy (non-hydrogen) atoms. The van der Waals surface area contributed by atoms with E-state index in [4.69, 9.17) is 9.84 Å². The first kappa shape index (κ1) is 10.4. The molecule has 4 nitrogen and oxygen atoms in total.